The van der Waals surface area contributed by atoms with Gasteiger partial charge in [-0.2, -0.15) is 0 Å². The number of nitrogens with one attached hydrogen (secondary N) is 1. The van der Waals surface area contributed by atoms with E-state index in [1.807, 2.05) is 0 Å². The molecule has 0 bridgehead atoms. The molecule has 7 heteroatoms. The summed E-state index contributed by atoms with van der Waals surface area (Å²) in [7, 11) is 0. The molecule has 1 fully saturated rings. The van der Waals surface area contributed by atoms with Gasteiger partial charge in [-0.15, -0.1) is 0 Å². The van der Waals surface area contributed by atoms with Crippen LogP contribution in [0, 0.1) is 10.1 Å². The van der Waals surface area contributed by atoms with Crippen LogP contribution in [-0.4, -0.2) is 28.9 Å². The second-order valence-electron chi connectivity index (χ2n) is 4.05. The van der Waals surface area contributed by atoms with E-state index >= 15 is 0 Å². The Morgan fingerprint density at radius 2 is 2.06 bits per heavy atom. The summed E-state index contributed by atoms with van der Waals surface area (Å²) in [6, 6.07) is 3.75. The van der Waals surface area contributed by atoms with E-state index in [1.54, 1.807) is 4.90 Å². The molecule has 0 aromatic heterocycles. The first-order valence-corrected chi connectivity index (χ1v) is 5.95. The molecule has 0 radical (unpaired) electrons. The van der Waals surface area contributed by atoms with E-state index < -0.39 is 4.92 Å². The van der Waals surface area contributed by atoms with Crippen LogP contribution in [0.1, 0.15) is 12.8 Å². The number of likely N-dealkylation sites (tertiary alicyclic amines) is 1. The van der Waals surface area contributed by atoms with Gasteiger partial charge in [0.1, 0.15) is 0 Å². The van der Waals surface area contributed by atoms with Crippen LogP contribution in [0.25, 0.3) is 0 Å². The number of carbonyl (C=O) groups excluding carboxylic acids is 1. The second-order valence-corrected chi connectivity index (χ2v) is 4.45. The molecular weight excluding hydrogens is 258 g/mol. The monoisotopic (exact) mass is 269 g/mol. The number of benzene rings is 1. The number of non-ortho nitro benzene ring substituents is 1. The average Bonchev–Trinajstić information content (AvgIpc) is 2.85. The van der Waals surface area contributed by atoms with Gasteiger partial charge in [0.05, 0.1) is 15.6 Å². The lowest BCUT2D eigenvalue weighted by molar-refractivity contribution is -0.384. The zero-order valence-electron chi connectivity index (χ0n) is 9.56. The summed E-state index contributed by atoms with van der Waals surface area (Å²) in [6.07, 6.45) is 2.00. The number of carbonyl (C=O) groups is 1. The van der Waals surface area contributed by atoms with Crippen LogP contribution in [0.5, 0.6) is 0 Å². The fourth-order valence-electron chi connectivity index (χ4n) is 1.83. The predicted octanol–water partition coefficient (Wildman–Crippen LogP) is 2.88. The normalized spacial score (nSPS) is 14.6. The maximum Gasteiger partial charge on any atom is 0.321 e. The van der Waals surface area contributed by atoms with Crippen LogP contribution in [-0.2, 0) is 0 Å². The topological polar surface area (TPSA) is 75.5 Å². The number of nitro groups is 1. The first-order chi connectivity index (χ1) is 8.58. The molecule has 0 aliphatic carbocycles. The highest BCUT2D eigenvalue weighted by Gasteiger charge is 2.19. The van der Waals surface area contributed by atoms with Crippen molar-refractivity contribution in [2.45, 2.75) is 12.8 Å². The third kappa shape index (κ3) is 2.70. The van der Waals surface area contributed by atoms with Crippen LogP contribution < -0.4 is 5.32 Å². The number of amides is 2. The summed E-state index contributed by atoms with van der Waals surface area (Å²) >= 11 is 5.89. The Morgan fingerprint density at radius 1 is 1.39 bits per heavy atom. The fourth-order valence-corrected chi connectivity index (χ4v) is 2.06. The smallest absolute Gasteiger partial charge is 0.321 e. The van der Waals surface area contributed by atoms with Crippen LogP contribution >= 0.6 is 11.6 Å². The van der Waals surface area contributed by atoms with Crippen LogP contribution in [0.2, 0.25) is 5.02 Å². The largest absolute Gasteiger partial charge is 0.325 e. The summed E-state index contributed by atoms with van der Waals surface area (Å²) in [4.78, 5) is 23.5. The lowest BCUT2D eigenvalue weighted by Crippen LogP contribution is -2.32. The Bertz CT molecular complexity index is 486. The SMILES string of the molecule is O=C(Nc1ccc([N+](=O)[O-])cc1Cl)N1CCCC1. The molecule has 1 aromatic carbocycles. The van der Waals surface area contributed by atoms with Gasteiger partial charge in [-0.3, -0.25) is 10.1 Å². The molecule has 0 spiro atoms. The molecule has 1 heterocycles. The molecule has 6 nitrogen and oxygen atoms in total. The van der Waals surface area contributed by atoms with Gasteiger partial charge in [0.15, 0.2) is 0 Å². The fraction of sp³-hybridized carbons (Fsp3) is 0.364. The van der Waals surface area contributed by atoms with Crippen molar-refractivity contribution >= 4 is 29.0 Å². The number of rotatable bonds is 2. The highest BCUT2D eigenvalue weighted by atomic mass is 35.5. The van der Waals surface area contributed by atoms with Gasteiger partial charge in [0.25, 0.3) is 5.69 Å². The van der Waals surface area contributed by atoms with Gasteiger partial charge in [-0.1, -0.05) is 11.6 Å². The Kier molecular flexibility index (Phi) is 3.66. The van der Waals surface area contributed by atoms with Crippen LogP contribution in [0.15, 0.2) is 18.2 Å². The number of hydrogen-bond donors (Lipinski definition) is 1. The van der Waals surface area contributed by atoms with E-state index in [2.05, 4.69) is 5.32 Å². The molecule has 0 saturated carbocycles. The quantitative estimate of drug-likeness (QED) is 0.662. The molecule has 1 aromatic rings. The van der Waals surface area contributed by atoms with Crippen molar-refractivity contribution < 1.29 is 9.72 Å². The van der Waals surface area contributed by atoms with Crippen molar-refractivity contribution in [2.75, 3.05) is 18.4 Å². The highest BCUT2D eigenvalue weighted by Crippen LogP contribution is 2.27. The van der Waals surface area contributed by atoms with E-state index in [0.29, 0.717) is 5.69 Å². The molecule has 2 rings (SSSR count). The molecule has 18 heavy (non-hydrogen) atoms. The minimum Gasteiger partial charge on any atom is -0.325 e. The van der Waals surface area contributed by atoms with E-state index in [-0.39, 0.29) is 16.7 Å². The van der Waals surface area contributed by atoms with Crippen molar-refractivity contribution in [1.82, 2.24) is 4.90 Å². The van der Waals surface area contributed by atoms with Gasteiger partial charge < -0.3 is 10.2 Å². The van der Waals surface area contributed by atoms with Crippen molar-refractivity contribution in [1.29, 1.82) is 0 Å². The number of hydrogen-bond acceptors (Lipinski definition) is 3. The van der Waals surface area contributed by atoms with Gasteiger partial charge in [-0.25, -0.2) is 4.79 Å². The first-order valence-electron chi connectivity index (χ1n) is 5.58. The summed E-state index contributed by atoms with van der Waals surface area (Å²) in [5.74, 6) is 0. The lowest BCUT2D eigenvalue weighted by atomic mass is 10.3. The highest BCUT2D eigenvalue weighted by molar-refractivity contribution is 6.33. The zero-order valence-corrected chi connectivity index (χ0v) is 10.3. The molecule has 0 atom stereocenters. The van der Waals surface area contributed by atoms with Gasteiger partial charge in [0.2, 0.25) is 0 Å². The number of nitrogens with zero attached hydrogens (tertiary/aromatic N) is 2. The molecular formula is C11H12ClN3O3. The Labute approximate surface area is 109 Å². The standard InChI is InChI=1S/C11H12ClN3O3/c12-9-7-8(15(17)18)3-4-10(9)13-11(16)14-5-1-2-6-14/h3-4,7H,1-2,5-6H2,(H,13,16). The molecule has 1 N–H and O–H groups in total. The second kappa shape index (κ2) is 5.22. The van der Waals surface area contributed by atoms with Crippen LogP contribution in [0.4, 0.5) is 16.2 Å². The van der Waals surface area contributed by atoms with Gasteiger partial charge >= 0.3 is 6.03 Å². The molecule has 1 saturated heterocycles. The minimum atomic E-state index is -0.530. The third-order valence-corrected chi connectivity index (χ3v) is 3.11. The maximum absolute atomic E-state index is 11.8. The summed E-state index contributed by atoms with van der Waals surface area (Å²) in [5.41, 5.74) is 0.290. The van der Waals surface area contributed by atoms with E-state index in [9.17, 15) is 14.9 Å². The predicted molar refractivity (Wildman–Crippen MR) is 67.9 cm³/mol. The van der Waals surface area contributed by atoms with Gasteiger partial charge in [0, 0.05) is 25.2 Å². The molecule has 2 amide bonds. The Hall–Kier alpha value is -1.82. The first kappa shape index (κ1) is 12.6. The molecule has 0 unspecified atom stereocenters. The van der Waals surface area contributed by atoms with Crippen LogP contribution in [0.3, 0.4) is 0 Å². The summed E-state index contributed by atoms with van der Waals surface area (Å²) in [6.45, 7) is 1.47. The third-order valence-electron chi connectivity index (χ3n) is 2.80. The number of anilines is 1. The van der Waals surface area contributed by atoms with Crippen molar-refractivity contribution in [3.63, 3.8) is 0 Å². The number of nitro benzene ring substituents is 1. The molecule has 1 aliphatic heterocycles. The Morgan fingerprint density at radius 3 is 2.61 bits per heavy atom. The lowest BCUT2D eigenvalue weighted by Gasteiger charge is -2.16. The van der Waals surface area contributed by atoms with E-state index in [0.717, 1.165) is 25.9 Å². The number of halogens is 1. The maximum atomic E-state index is 11.8. The van der Waals surface area contributed by atoms with Crippen molar-refractivity contribution in [3.05, 3.63) is 33.3 Å². The van der Waals surface area contributed by atoms with Gasteiger partial charge in [-0.05, 0) is 18.9 Å². The number of urea groups is 1. The zero-order chi connectivity index (χ0) is 13.1. The van der Waals surface area contributed by atoms with E-state index in [4.69, 9.17) is 11.6 Å². The van der Waals surface area contributed by atoms with E-state index in [1.165, 1.54) is 18.2 Å². The Balaban J connectivity index is 2.09. The molecule has 1 aliphatic rings. The summed E-state index contributed by atoms with van der Waals surface area (Å²) in [5, 5.41) is 13.4. The van der Waals surface area contributed by atoms with Crippen molar-refractivity contribution in [2.24, 2.45) is 0 Å². The van der Waals surface area contributed by atoms with Crippen molar-refractivity contribution in [3.8, 4) is 0 Å². The minimum absolute atomic E-state index is 0.0980. The summed E-state index contributed by atoms with van der Waals surface area (Å²) < 4.78 is 0. The molecule has 96 valence electrons. The average molecular weight is 270 g/mol.